The Labute approximate surface area is 119 Å². The number of carbonyl (C=O) groups excluding carboxylic acids is 1. The molecule has 20 heavy (non-hydrogen) atoms. The lowest BCUT2D eigenvalue weighted by molar-refractivity contribution is -0.119. The lowest BCUT2D eigenvalue weighted by Gasteiger charge is -2.07. The highest BCUT2D eigenvalue weighted by atomic mass is 32.2. The van der Waals surface area contributed by atoms with Gasteiger partial charge in [-0.2, -0.15) is 5.10 Å². The van der Waals surface area contributed by atoms with Crippen LogP contribution in [0.4, 0.5) is 0 Å². The fourth-order valence-electron chi connectivity index (χ4n) is 1.87. The number of ether oxygens (including phenoxy) is 1. The molecule has 0 spiro atoms. The fraction of sp³-hybridized carbons (Fsp3) is 0.667. The van der Waals surface area contributed by atoms with Crippen LogP contribution in [-0.4, -0.2) is 37.3 Å². The highest BCUT2D eigenvalue weighted by molar-refractivity contribution is 7.90. The van der Waals surface area contributed by atoms with Crippen LogP contribution in [0.2, 0.25) is 0 Å². The summed E-state index contributed by atoms with van der Waals surface area (Å²) >= 11 is 0. The molecule has 1 amide bonds. The first-order chi connectivity index (χ1) is 9.29. The van der Waals surface area contributed by atoms with Crippen molar-refractivity contribution in [3.05, 3.63) is 11.4 Å². The van der Waals surface area contributed by atoms with Crippen molar-refractivity contribution in [2.24, 2.45) is 7.05 Å². The molecule has 7 nitrogen and oxygen atoms in total. The molecule has 0 aliphatic carbocycles. The van der Waals surface area contributed by atoms with E-state index in [1.54, 1.807) is 20.9 Å². The molecule has 0 bridgehead atoms. The van der Waals surface area contributed by atoms with Crippen LogP contribution >= 0.6 is 0 Å². The molecule has 1 aromatic rings. The molecule has 0 aliphatic rings. The Bertz CT molecular complexity index is 578. The van der Waals surface area contributed by atoms with Gasteiger partial charge in [0.25, 0.3) is 10.0 Å². The van der Waals surface area contributed by atoms with Gasteiger partial charge >= 0.3 is 0 Å². The zero-order valence-electron chi connectivity index (χ0n) is 12.3. The number of aromatic nitrogens is 2. The molecule has 114 valence electrons. The summed E-state index contributed by atoms with van der Waals surface area (Å²) in [7, 11) is -2.21. The lowest BCUT2D eigenvalue weighted by Crippen LogP contribution is -2.31. The van der Waals surface area contributed by atoms with Crippen LogP contribution in [0.25, 0.3) is 0 Å². The van der Waals surface area contributed by atoms with Gasteiger partial charge < -0.3 is 4.74 Å². The first kappa shape index (κ1) is 16.6. The van der Waals surface area contributed by atoms with Crippen LogP contribution < -0.4 is 4.72 Å². The van der Waals surface area contributed by atoms with Crippen molar-refractivity contribution < 1.29 is 17.9 Å². The predicted octanol–water partition coefficient (Wildman–Crippen LogP) is 0.659. The van der Waals surface area contributed by atoms with Crippen LogP contribution in [0.3, 0.4) is 0 Å². The van der Waals surface area contributed by atoms with Crippen molar-refractivity contribution in [1.82, 2.24) is 14.5 Å². The van der Waals surface area contributed by atoms with Crippen LogP contribution in [0, 0.1) is 13.8 Å². The highest BCUT2D eigenvalue weighted by Gasteiger charge is 2.25. The van der Waals surface area contributed by atoms with Gasteiger partial charge in [-0.05, 0) is 27.2 Å². The van der Waals surface area contributed by atoms with Gasteiger partial charge in [-0.1, -0.05) is 0 Å². The zero-order chi connectivity index (χ0) is 15.3. The van der Waals surface area contributed by atoms with Gasteiger partial charge in [-0.3, -0.25) is 9.48 Å². The van der Waals surface area contributed by atoms with Crippen molar-refractivity contribution in [2.45, 2.75) is 38.5 Å². The smallest absolute Gasteiger partial charge is 0.267 e. The summed E-state index contributed by atoms with van der Waals surface area (Å²) in [6.07, 6.45) is 0.595. The summed E-state index contributed by atoms with van der Waals surface area (Å²) in [5.74, 6) is -0.535. The molecular weight excluding hydrogens is 282 g/mol. The molecule has 0 unspecified atom stereocenters. The standard InChI is InChI=1S/C12H21N3O4S/c1-5-19-8-6-7-11(16)14-20(17,18)12-9(2)13-15(4)10(12)3/h5-8H2,1-4H3,(H,14,16). The second-order valence-corrected chi connectivity index (χ2v) is 6.07. The largest absolute Gasteiger partial charge is 0.382 e. The van der Waals surface area contributed by atoms with Crippen molar-refractivity contribution in [3.63, 3.8) is 0 Å². The fourth-order valence-corrected chi connectivity index (χ4v) is 3.33. The number of hydrogen-bond acceptors (Lipinski definition) is 5. The third-order valence-electron chi connectivity index (χ3n) is 2.86. The summed E-state index contributed by atoms with van der Waals surface area (Å²) in [5, 5.41) is 4.04. The number of amides is 1. The summed E-state index contributed by atoms with van der Waals surface area (Å²) in [6, 6.07) is 0. The Morgan fingerprint density at radius 2 is 2.05 bits per heavy atom. The van der Waals surface area contributed by atoms with Gasteiger partial charge in [0.05, 0.1) is 11.4 Å². The molecule has 1 rings (SSSR count). The minimum atomic E-state index is -3.87. The van der Waals surface area contributed by atoms with Crippen molar-refractivity contribution >= 4 is 15.9 Å². The maximum atomic E-state index is 12.2. The molecule has 0 atom stereocenters. The minimum Gasteiger partial charge on any atom is -0.382 e. The average Bonchev–Trinajstić information content (AvgIpc) is 2.58. The van der Waals surface area contributed by atoms with Crippen LogP contribution in [0.5, 0.6) is 0 Å². The molecule has 0 aliphatic heterocycles. The number of carbonyl (C=O) groups is 1. The maximum absolute atomic E-state index is 12.2. The Hall–Kier alpha value is -1.41. The molecule has 1 heterocycles. The molecular formula is C12H21N3O4S. The van der Waals surface area contributed by atoms with Gasteiger partial charge in [-0.25, -0.2) is 13.1 Å². The Balaban J connectivity index is 2.73. The van der Waals surface area contributed by atoms with Crippen LogP contribution in [0.1, 0.15) is 31.2 Å². The number of nitrogens with one attached hydrogen (secondary N) is 1. The van der Waals surface area contributed by atoms with E-state index in [-0.39, 0.29) is 11.3 Å². The first-order valence-corrected chi connectivity index (χ1v) is 7.91. The highest BCUT2D eigenvalue weighted by Crippen LogP contribution is 2.18. The van der Waals surface area contributed by atoms with E-state index >= 15 is 0 Å². The normalized spacial score (nSPS) is 11.6. The van der Waals surface area contributed by atoms with Crippen LogP contribution in [-0.2, 0) is 26.6 Å². The Morgan fingerprint density at radius 3 is 2.55 bits per heavy atom. The summed E-state index contributed by atoms with van der Waals surface area (Å²) in [4.78, 5) is 11.7. The molecule has 1 aromatic heterocycles. The summed E-state index contributed by atoms with van der Waals surface area (Å²) < 4.78 is 33.0. The molecule has 1 N–H and O–H groups in total. The van der Waals surface area contributed by atoms with E-state index in [1.165, 1.54) is 4.68 Å². The number of sulfonamides is 1. The van der Waals surface area contributed by atoms with E-state index < -0.39 is 15.9 Å². The van der Waals surface area contributed by atoms with Gasteiger partial charge in [-0.15, -0.1) is 0 Å². The number of aryl methyl sites for hydroxylation is 2. The summed E-state index contributed by atoms with van der Waals surface area (Å²) in [6.45, 7) is 6.12. The minimum absolute atomic E-state index is 0.0677. The van der Waals surface area contributed by atoms with E-state index in [0.29, 0.717) is 31.0 Å². The topological polar surface area (TPSA) is 90.3 Å². The molecule has 8 heteroatoms. The van der Waals surface area contributed by atoms with Gasteiger partial charge in [0.15, 0.2) is 0 Å². The van der Waals surface area contributed by atoms with Gasteiger partial charge in [0.2, 0.25) is 5.91 Å². The summed E-state index contributed by atoms with van der Waals surface area (Å²) in [5.41, 5.74) is 0.872. The SMILES string of the molecule is CCOCCCC(=O)NS(=O)(=O)c1c(C)nn(C)c1C. The number of nitrogens with zero attached hydrogens (tertiary/aromatic N) is 2. The molecule has 0 saturated heterocycles. The van der Waals surface area contributed by atoms with E-state index in [1.807, 2.05) is 6.92 Å². The van der Waals surface area contributed by atoms with Crippen LogP contribution in [0.15, 0.2) is 4.90 Å². The third-order valence-corrected chi connectivity index (χ3v) is 4.48. The number of hydrogen-bond donors (Lipinski definition) is 1. The first-order valence-electron chi connectivity index (χ1n) is 6.43. The van der Waals surface area contributed by atoms with Crippen molar-refractivity contribution in [3.8, 4) is 0 Å². The van der Waals surface area contributed by atoms with E-state index in [0.717, 1.165) is 0 Å². The van der Waals surface area contributed by atoms with E-state index in [2.05, 4.69) is 9.82 Å². The Morgan fingerprint density at radius 1 is 1.40 bits per heavy atom. The quantitative estimate of drug-likeness (QED) is 0.747. The second kappa shape index (κ2) is 6.85. The van der Waals surface area contributed by atoms with E-state index in [4.69, 9.17) is 4.74 Å². The molecule has 0 saturated carbocycles. The van der Waals surface area contributed by atoms with Crippen molar-refractivity contribution in [1.29, 1.82) is 0 Å². The van der Waals surface area contributed by atoms with Gasteiger partial charge in [0, 0.05) is 26.7 Å². The van der Waals surface area contributed by atoms with Gasteiger partial charge in [0.1, 0.15) is 4.90 Å². The average molecular weight is 303 g/mol. The lowest BCUT2D eigenvalue weighted by atomic mass is 10.3. The monoisotopic (exact) mass is 303 g/mol. The van der Waals surface area contributed by atoms with E-state index in [9.17, 15) is 13.2 Å². The molecule has 0 fully saturated rings. The second-order valence-electron chi connectivity index (χ2n) is 4.45. The predicted molar refractivity (Wildman–Crippen MR) is 73.7 cm³/mol. The zero-order valence-corrected chi connectivity index (χ0v) is 13.1. The molecule has 0 radical (unpaired) electrons. The third kappa shape index (κ3) is 4.04. The van der Waals surface area contributed by atoms with Crippen molar-refractivity contribution in [2.75, 3.05) is 13.2 Å². The maximum Gasteiger partial charge on any atom is 0.267 e. The number of rotatable bonds is 7. The molecule has 0 aromatic carbocycles. The Kier molecular flexibility index (Phi) is 5.70.